The fourth-order valence-corrected chi connectivity index (χ4v) is 3.45. The molecule has 3 N–H and O–H groups in total. The molecule has 7 nitrogen and oxygen atoms in total. The topological polar surface area (TPSA) is 104 Å². The highest BCUT2D eigenvalue weighted by Gasteiger charge is 2.21. The fourth-order valence-electron chi connectivity index (χ4n) is 2.35. The molecule has 0 radical (unpaired) electrons. The molecule has 148 valence electrons. The van der Waals surface area contributed by atoms with Crippen molar-refractivity contribution in [3.8, 4) is 0 Å². The van der Waals surface area contributed by atoms with Crippen molar-refractivity contribution in [1.82, 2.24) is 4.72 Å². The SMILES string of the molecule is C=CCNS(=O)(=O)c1cc(C(=O)Nc2cc(C)ccc2NC(C)=O)ccc1F. The van der Waals surface area contributed by atoms with Crippen LogP contribution in [-0.4, -0.2) is 26.8 Å². The molecule has 28 heavy (non-hydrogen) atoms. The summed E-state index contributed by atoms with van der Waals surface area (Å²) in [6.45, 7) is 6.45. The molecule has 0 unspecified atom stereocenters. The van der Waals surface area contributed by atoms with Crippen molar-refractivity contribution in [3.05, 3.63) is 66.0 Å². The number of aryl methyl sites for hydroxylation is 1. The molecule has 0 aromatic heterocycles. The van der Waals surface area contributed by atoms with Gasteiger partial charge in [0.25, 0.3) is 5.91 Å². The van der Waals surface area contributed by atoms with Gasteiger partial charge in [-0.15, -0.1) is 6.58 Å². The molecule has 0 aliphatic carbocycles. The van der Waals surface area contributed by atoms with Crippen molar-refractivity contribution in [2.75, 3.05) is 17.2 Å². The molecule has 0 saturated carbocycles. The van der Waals surface area contributed by atoms with E-state index in [0.717, 1.165) is 17.7 Å². The van der Waals surface area contributed by atoms with Gasteiger partial charge >= 0.3 is 0 Å². The van der Waals surface area contributed by atoms with Crippen LogP contribution < -0.4 is 15.4 Å². The van der Waals surface area contributed by atoms with Crippen molar-refractivity contribution in [2.24, 2.45) is 0 Å². The van der Waals surface area contributed by atoms with Gasteiger partial charge in [0.05, 0.1) is 11.4 Å². The van der Waals surface area contributed by atoms with E-state index in [1.807, 2.05) is 0 Å². The summed E-state index contributed by atoms with van der Waals surface area (Å²) in [6.07, 6.45) is 1.31. The van der Waals surface area contributed by atoms with E-state index in [4.69, 9.17) is 0 Å². The van der Waals surface area contributed by atoms with Crippen LogP contribution in [0.25, 0.3) is 0 Å². The van der Waals surface area contributed by atoms with Crippen molar-refractivity contribution >= 4 is 33.2 Å². The lowest BCUT2D eigenvalue weighted by Gasteiger charge is -2.13. The Labute approximate surface area is 162 Å². The molecule has 0 spiro atoms. The molecule has 0 atom stereocenters. The van der Waals surface area contributed by atoms with Crippen LogP contribution in [0.15, 0.2) is 53.9 Å². The number of benzene rings is 2. The second kappa shape index (κ2) is 8.77. The molecular formula is C19H20FN3O4S. The second-order valence-electron chi connectivity index (χ2n) is 5.97. The molecule has 0 aliphatic heterocycles. The summed E-state index contributed by atoms with van der Waals surface area (Å²) in [7, 11) is -4.15. The highest BCUT2D eigenvalue weighted by atomic mass is 32.2. The van der Waals surface area contributed by atoms with Crippen molar-refractivity contribution < 1.29 is 22.4 Å². The Morgan fingerprint density at radius 2 is 1.82 bits per heavy atom. The minimum Gasteiger partial charge on any atom is -0.325 e. The predicted molar refractivity (Wildman–Crippen MR) is 105 cm³/mol. The molecule has 2 aromatic carbocycles. The van der Waals surface area contributed by atoms with Crippen LogP contribution in [0.3, 0.4) is 0 Å². The van der Waals surface area contributed by atoms with E-state index in [2.05, 4.69) is 21.9 Å². The molecule has 2 rings (SSSR count). The Balaban J connectivity index is 2.36. The number of anilines is 2. The zero-order valence-corrected chi connectivity index (χ0v) is 16.2. The maximum Gasteiger partial charge on any atom is 0.255 e. The average molecular weight is 405 g/mol. The Morgan fingerprint density at radius 1 is 1.11 bits per heavy atom. The highest BCUT2D eigenvalue weighted by Crippen LogP contribution is 2.24. The molecule has 0 aliphatic rings. The molecule has 2 amide bonds. The maximum atomic E-state index is 14.0. The minimum absolute atomic E-state index is 0.0596. The van der Waals surface area contributed by atoms with Gasteiger partial charge in [0.2, 0.25) is 15.9 Å². The number of sulfonamides is 1. The second-order valence-corrected chi connectivity index (χ2v) is 7.71. The zero-order chi connectivity index (χ0) is 20.9. The lowest BCUT2D eigenvalue weighted by Crippen LogP contribution is -2.25. The van der Waals surface area contributed by atoms with Crippen LogP contribution in [0.5, 0.6) is 0 Å². The summed E-state index contributed by atoms with van der Waals surface area (Å²) in [5.74, 6) is -1.96. The van der Waals surface area contributed by atoms with E-state index in [9.17, 15) is 22.4 Å². The van der Waals surface area contributed by atoms with Gasteiger partial charge in [-0.25, -0.2) is 17.5 Å². The Kier molecular flexibility index (Phi) is 6.66. The van der Waals surface area contributed by atoms with Gasteiger partial charge in [-0.05, 0) is 42.8 Å². The molecule has 0 fully saturated rings. The average Bonchev–Trinajstić information content (AvgIpc) is 2.62. The van der Waals surface area contributed by atoms with Crippen molar-refractivity contribution in [1.29, 1.82) is 0 Å². The van der Waals surface area contributed by atoms with E-state index < -0.39 is 26.6 Å². The maximum absolute atomic E-state index is 14.0. The first kappa shape index (κ1) is 21.3. The zero-order valence-electron chi connectivity index (χ0n) is 15.4. The van der Waals surface area contributed by atoms with Gasteiger partial charge in [0, 0.05) is 19.0 Å². The standard InChI is InChI=1S/C19H20FN3O4S/c1-4-9-21-28(26,27)18-11-14(6-7-15(18)20)19(25)23-17-10-12(2)5-8-16(17)22-13(3)24/h4-8,10-11,21H,1,9H2,2-3H3,(H,22,24)(H,23,25). The number of nitrogens with one attached hydrogen (secondary N) is 3. The number of amides is 2. The fraction of sp³-hybridized carbons (Fsp3) is 0.158. The van der Waals surface area contributed by atoms with Gasteiger partial charge in [0.1, 0.15) is 10.7 Å². The molecule has 0 saturated heterocycles. The van der Waals surface area contributed by atoms with Crippen LogP contribution in [-0.2, 0) is 14.8 Å². The number of rotatable bonds is 7. The monoisotopic (exact) mass is 405 g/mol. The minimum atomic E-state index is -4.15. The van der Waals surface area contributed by atoms with Crippen LogP contribution in [0.1, 0.15) is 22.8 Å². The van der Waals surface area contributed by atoms with E-state index >= 15 is 0 Å². The first-order valence-corrected chi connectivity index (χ1v) is 9.72. The van der Waals surface area contributed by atoms with E-state index in [-0.39, 0.29) is 18.0 Å². The summed E-state index contributed by atoms with van der Waals surface area (Å²) in [5.41, 5.74) is 1.49. The van der Waals surface area contributed by atoms with Gasteiger partial charge < -0.3 is 10.6 Å². The molecule has 0 heterocycles. The van der Waals surface area contributed by atoms with E-state index in [1.165, 1.54) is 19.1 Å². The summed E-state index contributed by atoms with van der Waals surface area (Å²) in [6, 6.07) is 8.06. The molecule has 9 heteroatoms. The van der Waals surface area contributed by atoms with E-state index in [1.54, 1.807) is 25.1 Å². The van der Waals surface area contributed by atoms with Crippen molar-refractivity contribution in [3.63, 3.8) is 0 Å². The highest BCUT2D eigenvalue weighted by molar-refractivity contribution is 7.89. The Hall–Kier alpha value is -3.04. The lowest BCUT2D eigenvalue weighted by atomic mass is 10.1. The Morgan fingerprint density at radius 3 is 2.46 bits per heavy atom. The quantitative estimate of drug-likeness (QED) is 0.616. The summed E-state index contributed by atoms with van der Waals surface area (Å²) >= 11 is 0. The Bertz CT molecular complexity index is 1040. The number of carbonyl (C=O) groups excluding carboxylic acids is 2. The van der Waals surface area contributed by atoms with Gasteiger partial charge in [-0.2, -0.15) is 0 Å². The third kappa shape index (κ3) is 5.24. The molecule has 2 aromatic rings. The summed E-state index contributed by atoms with van der Waals surface area (Å²) in [4.78, 5) is 23.3. The van der Waals surface area contributed by atoms with Crippen LogP contribution >= 0.6 is 0 Å². The van der Waals surface area contributed by atoms with Crippen LogP contribution in [0.2, 0.25) is 0 Å². The van der Waals surface area contributed by atoms with Crippen LogP contribution in [0, 0.1) is 12.7 Å². The summed E-state index contributed by atoms with van der Waals surface area (Å²) in [5, 5.41) is 5.20. The lowest BCUT2D eigenvalue weighted by molar-refractivity contribution is -0.114. The third-order valence-corrected chi connectivity index (χ3v) is 5.07. The number of halogens is 1. The van der Waals surface area contributed by atoms with E-state index in [0.29, 0.717) is 11.4 Å². The normalized spacial score (nSPS) is 11.0. The number of hydrogen-bond donors (Lipinski definition) is 3. The van der Waals surface area contributed by atoms with Crippen molar-refractivity contribution in [2.45, 2.75) is 18.7 Å². The molecular weight excluding hydrogens is 385 g/mol. The first-order chi connectivity index (χ1) is 13.1. The third-order valence-electron chi connectivity index (χ3n) is 3.63. The van der Waals surface area contributed by atoms with Crippen LogP contribution in [0.4, 0.5) is 15.8 Å². The largest absolute Gasteiger partial charge is 0.325 e. The van der Waals surface area contributed by atoms with Gasteiger partial charge in [-0.1, -0.05) is 12.1 Å². The number of carbonyl (C=O) groups is 2. The summed E-state index contributed by atoms with van der Waals surface area (Å²) < 4.78 is 40.5. The smallest absolute Gasteiger partial charge is 0.255 e. The predicted octanol–water partition coefficient (Wildman–Crippen LogP) is 2.81. The number of hydrogen-bond acceptors (Lipinski definition) is 4. The first-order valence-electron chi connectivity index (χ1n) is 8.23. The van der Waals surface area contributed by atoms with Gasteiger partial charge in [-0.3, -0.25) is 9.59 Å². The molecule has 0 bridgehead atoms. The van der Waals surface area contributed by atoms with Gasteiger partial charge in [0.15, 0.2) is 0 Å².